The van der Waals surface area contributed by atoms with Crippen molar-refractivity contribution in [3.63, 3.8) is 0 Å². The van der Waals surface area contributed by atoms with Crippen LogP contribution in [0.4, 0.5) is 0 Å². The van der Waals surface area contributed by atoms with Crippen LogP contribution in [0.15, 0.2) is 109 Å². The first kappa shape index (κ1) is 18.7. The Balaban J connectivity index is 1.69. The molecule has 1 atom stereocenters. The Morgan fingerprint density at radius 2 is 1.57 bits per heavy atom. The summed E-state index contributed by atoms with van der Waals surface area (Å²) in [7, 11) is 0. The van der Waals surface area contributed by atoms with Gasteiger partial charge in [-0.05, 0) is 51.9 Å². The predicted molar refractivity (Wildman–Crippen MR) is 125 cm³/mol. The highest BCUT2D eigenvalue weighted by atomic mass is 16.5. The second kappa shape index (κ2) is 7.50. The molecule has 0 N–H and O–H groups in total. The van der Waals surface area contributed by atoms with E-state index in [1.807, 2.05) is 0 Å². The van der Waals surface area contributed by atoms with Crippen LogP contribution < -0.4 is 4.74 Å². The maximum Gasteiger partial charge on any atom is 0.119 e. The van der Waals surface area contributed by atoms with E-state index in [4.69, 9.17) is 4.74 Å². The zero-order valence-electron chi connectivity index (χ0n) is 17.3. The maximum atomic E-state index is 5.74. The largest absolute Gasteiger partial charge is 0.490 e. The van der Waals surface area contributed by atoms with Crippen molar-refractivity contribution < 1.29 is 4.74 Å². The van der Waals surface area contributed by atoms with Crippen LogP contribution in [-0.2, 0) is 5.41 Å². The molecule has 2 aliphatic rings. The molecule has 0 bridgehead atoms. The molecule has 0 heterocycles. The van der Waals surface area contributed by atoms with Gasteiger partial charge in [-0.15, -0.1) is 0 Å². The molecule has 0 spiro atoms. The monoisotopic (exact) mass is 390 g/mol. The number of fused-ring (bicyclic) bond motifs is 3. The van der Waals surface area contributed by atoms with E-state index in [0.717, 1.165) is 12.2 Å². The van der Waals surface area contributed by atoms with Gasteiger partial charge in [0.05, 0.1) is 0 Å². The quantitative estimate of drug-likeness (QED) is 0.404. The summed E-state index contributed by atoms with van der Waals surface area (Å²) < 4.78 is 5.74. The van der Waals surface area contributed by atoms with Gasteiger partial charge in [0.25, 0.3) is 0 Å². The summed E-state index contributed by atoms with van der Waals surface area (Å²) in [4.78, 5) is 0. The van der Waals surface area contributed by atoms with E-state index >= 15 is 0 Å². The Hall–Kier alpha value is -3.32. The number of allylic oxidation sites excluding steroid dienone is 4. The van der Waals surface area contributed by atoms with Crippen molar-refractivity contribution in [3.05, 3.63) is 126 Å². The SMILES string of the molecule is C=CCOc1ccc(C(C)(C2=CCC=C2)C2c3ccccc3-c3ccccc32)cc1. The standard InChI is InChI=1S/C29H26O/c1-3-20-30-23-18-16-22(17-19-23)29(2,21-10-4-5-11-21)28-26-14-8-6-12-24(26)25-13-7-9-15-27(25)28/h3-4,6-19,28H,1,5,20H2,2H3. The molecule has 0 aromatic heterocycles. The van der Waals surface area contributed by atoms with Crippen molar-refractivity contribution in [2.75, 3.05) is 6.61 Å². The molecule has 2 aliphatic carbocycles. The third-order valence-corrected chi connectivity index (χ3v) is 6.60. The van der Waals surface area contributed by atoms with Crippen molar-refractivity contribution in [1.29, 1.82) is 0 Å². The Bertz CT molecular complexity index is 1100. The van der Waals surface area contributed by atoms with Crippen LogP contribution in [0, 0.1) is 0 Å². The minimum Gasteiger partial charge on any atom is -0.490 e. The van der Waals surface area contributed by atoms with Crippen LogP contribution in [-0.4, -0.2) is 6.61 Å². The number of hydrogen-bond acceptors (Lipinski definition) is 1. The molecule has 0 fully saturated rings. The highest BCUT2D eigenvalue weighted by Crippen LogP contribution is 2.56. The maximum absolute atomic E-state index is 5.74. The van der Waals surface area contributed by atoms with E-state index in [0.29, 0.717) is 6.61 Å². The predicted octanol–water partition coefficient (Wildman–Crippen LogP) is 7.21. The molecular weight excluding hydrogens is 364 g/mol. The lowest BCUT2D eigenvalue weighted by Gasteiger charge is -2.39. The highest BCUT2D eigenvalue weighted by molar-refractivity contribution is 5.80. The van der Waals surface area contributed by atoms with Gasteiger partial charge >= 0.3 is 0 Å². The minimum absolute atomic E-state index is 0.174. The molecule has 1 unspecified atom stereocenters. The van der Waals surface area contributed by atoms with E-state index in [9.17, 15) is 0 Å². The van der Waals surface area contributed by atoms with Crippen LogP contribution >= 0.6 is 0 Å². The van der Waals surface area contributed by atoms with Crippen LogP contribution in [0.25, 0.3) is 11.1 Å². The van der Waals surface area contributed by atoms with Crippen LogP contribution in [0.1, 0.15) is 36.0 Å². The van der Waals surface area contributed by atoms with Crippen molar-refractivity contribution in [2.24, 2.45) is 0 Å². The van der Waals surface area contributed by atoms with Crippen LogP contribution in [0.5, 0.6) is 5.75 Å². The third kappa shape index (κ3) is 2.85. The van der Waals surface area contributed by atoms with Gasteiger partial charge in [0.15, 0.2) is 0 Å². The molecule has 3 aromatic carbocycles. The first-order valence-electron chi connectivity index (χ1n) is 10.6. The fourth-order valence-electron chi connectivity index (χ4n) is 5.17. The molecule has 0 radical (unpaired) electrons. The van der Waals surface area contributed by atoms with Crippen molar-refractivity contribution in [1.82, 2.24) is 0 Å². The van der Waals surface area contributed by atoms with E-state index in [1.165, 1.54) is 33.4 Å². The topological polar surface area (TPSA) is 9.23 Å². The third-order valence-electron chi connectivity index (χ3n) is 6.60. The molecule has 1 heteroatoms. The van der Waals surface area contributed by atoms with Gasteiger partial charge in [-0.1, -0.05) is 98.5 Å². The Labute approximate surface area is 179 Å². The lowest BCUT2D eigenvalue weighted by molar-refractivity contribution is 0.362. The van der Waals surface area contributed by atoms with E-state index in [2.05, 4.69) is 105 Å². The fraction of sp³-hybridized carbons (Fsp3) is 0.172. The van der Waals surface area contributed by atoms with Gasteiger partial charge in [0, 0.05) is 11.3 Å². The average Bonchev–Trinajstić information content (AvgIpc) is 3.45. The molecule has 0 saturated heterocycles. The lowest BCUT2D eigenvalue weighted by atomic mass is 9.64. The van der Waals surface area contributed by atoms with Gasteiger partial charge in [-0.3, -0.25) is 0 Å². The molecular formula is C29H26O. The second-order valence-electron chi connectivity index (χ2n) is 8.23. The van der Waals surface area contributed by atoms with E-state index < -0.39 is 0 Å². The second-order valence-corrected chi connectivity index (χ2v) is 8.23. The molecule has 30 heavy (non-hydrogen) atoms. The lowest BCUT2D eigenvalue weighted by Crippen LogP contribution is -2.32. The average molecular weight is 391 g/mol. The van der Waals surface area contributed by atoms with E-state index in [-0.39, 0.29) is 11.3 Å². The molecule has 0 aliphatic heterocycles. The van der Waals surface area contributed by atoms with E-state index in [1.54, 1.807) is 6.08 Å². The molecule has 148 valence electrons. The van der Waals surface area contributed by atoms with Gasteiger partial charge in [-0.2, -0.15) is 0 Å². The fourth-order valence-corrected chi connectivity index (χ4v) is 5.17. The summed E-state index contributed by atoms with van der Waals surface area (Å²) in [6, 6.07) is 26.4. The number of benzene rings is 3. The molecule has 0 amide bonds. The highest BCUT2D eigenvalue weighted by Gasteiger charge is 2.45. The van der Waals surface area contributed by atoms with Gasteiger partial charge in [-0.25, -0.2) is 0 Å². The number of hydrogen-bond donors (Lipinski definition) is 0. The zero-order valence-corrected chi connectivity index (χ0v) is 17.3. The van der Waals surface area contributed by atoms with Crippen LogP contribution in [0.3, 0.4) is 0 Å². The van der Waals surface area contributed by atoms with Gasteiger partial charge in [0.2, 0.25) is 0 Å². The van der Waals surface area contributed by atoms with Crippen molar-refractivity contribution in [3.8, 4) is 16.9 Å². The van der Waals surface area contributed by atoms with Crippen LogP contribution in [0.2, 0.25) is 0 Å². The Morgan fingerprint density at radius 1 is 0.933 bits per heavy atom. The first-order valence-corrected chi connectivity index (χ1v) is 10.6. The first-order chi connectivity index (χ1) is 14.7. The Kier molecular flexibility index (Phi) is 4.67. The molecule has 3 aromatic rings. The summed E-state index contributed by atoms with van der Waals surface area (Å²) in [5, 5.41) is 0. The summed E-state index contributed by atoms with van der Waals surface area (Å²) in [5.41, 5.74) is 8.06. The van der Waals surface area contributed by atoms with Crippen molar-refractivity contribution in [2.45, 2.75) is 24.7 Å². The number of ether oxygens (including phenoxy) is 1. The molecule has 0 saturated carbocycles. The Morgan fingerprint density at radius 3 is 2.13 bits per heavy atom. The summed E-state index contributed by atoms with van der Waals surface area (Å²) in [5.74, 6) is 1.14. The zero-order chi connectivity index (χ0) is 20.6. The summed E-state index contributed by atoms with van der Waals surface area (Å²) in [6.45, 7) is 6.66. The smallest absolute Gasteiger partial charge is 0.119 e. The molecule has 1 nitrogen and oxygen atoms in total. The summed E-state index contributed by atoms with van der Waals surface area (Å²) >= 11 is 0. The number of rotatable bonds is 6. The van der Waals surface area contributed by atoms with Gasteiger partial charge in [0.1, 0.15) is 12.4 Å². The van der Waals surface area contributed by atoms with Crippen molar-refractivity contribution >= 4 is 0 Å². The normalized spacial score (nSPS) is 16.5. The van der Waals surface area contributed by atoms with Gasteiger partial charge < -0.3 is 4.74 Å². The minimum atomic E-state index is -0.174. The molecule has 5 rings (SSSR count). The summed E-state index contributed by atoms with van der Waals surface area (Å²) in [6.07, 6.45) is 9.74.